The van der Waals surface area contributed by atoms with Crippen LogP contribution in [0, 0.1) is 19.8 Å². The second kappa shape index (κ2) is 20.3. The Kier molecular flexibility index (Phi) is 16.3. The number of aliphatic hydroxyl groups excluding tert-OH is 8. The second-order valence-electron chi connectivity index (χ2n) is 16.1. The molecule has 7 amide bonds. The number of nitrogens with zero attached hydrogens (tertiary/aromatic N) is 2. The molecule has 0 aliphatic carbocycles. The van der Waals surface area contributed by atoms with Crippen LogP contribution in [0.25, 0.3) is 0 Å². The summed E-state index contributed by atoms with van der Waals surface area (Å²) in [6.07, 6.45) is -17.1. The van der Waals surface area contributed by atoms with E-state index in [1.165, 1.54) is 26.1 Å². The second-order valence-corrected chi connectivity index (χ2v) is 16.1. The Morgan fingerprint density at radius 2 is 1.41 bits per heavy atom. The maximum absolute atomic E-state index is 14.3. The first-order valence-electron chi connectivity index (χ1n) is 19.8. The van der Waals surface area contributed by atoms with Crippen molar-refractivity contribution in [3.05, 3.63) is 34.9 Å². The molecular formula is C38H58N8O15. The number of likely N-dealkylation sites (N-methyl/N-ethyl adjacent to an activating group) is 1. The molecular weight excluding hydrogens is 808 g/mol. The topological polar surface area (TPSA) is 374 Å². The van der Waals surface area contributed by atoms with E-state index < -0.39 is 165 Å². The fourth-order valence-electron chi connectivity index (χ4n) is 7.68. The number of benzene rings is 1. The lowest BCUT2D eigenvalue weighted by atomic mass is 9.94. The summed E-state index contributed by atoms with van der Waals surface area (Å²) >= 11 is 0. The third-order valence-corrected chi connectivity index (χ3v) is 11.5. The molecule has 15 unspecified atom stereocenters. The smallest absolute Gasteiger partial charge is 0.248 e. The Bertz CT molecular complexity index is 1820. The fraction of sp³-hybridized carbons (Fsp3) is 0.658. The van der Waals surface area contributed by atoms with Gasteiger partial charge >= 0.3 is 0 Å². The zero-order valence-corrected chi connectivity index (χ0v) is 34.3. The third kappa shape index (κ3) is 11.2. The molecule has 1 aromatic carbocycles. The van der Waals surface area contributed by atoms with Gasteiger partial charge in [-0.1, -0.05) is 25.1 Å². The molecule has 23 heteroatoms. The molecule has 0 saturated carbocycles. The molecule has 3 saturated heterocycles. The lowest BCUT2D eigenvalue weighted by Gasteiger charge is -2.34. The quantitative estimate of drug-likeness (QED) is 0.115. The van der Waals surface area contributed by atoms with Gasteiger partial charge in [0.1, 0.15) is 48.5 Å². The van der Waals surface area contributed by atoms with Crippen LogP contribution in [-0.2, 0) is 33.6 Å². The van der Waals surface area contributed by atoms with Crippen LogP contribution in [0.4, 0.5) is 0 Å². The highest BCUT2D eigenvalue weighted by Gasteiger charge is 2.50. The van der Waals surface area contributed by atoms with Crippen LogP contribution in [0.1, 0.15) is 55.9 Å². The highest BCUT2D eigenvalue weighted by molar-refractivity contribution is 5.98. The van der Waals surface area contributed by atoms with E-state index in [1.54, 1.807) is 19.9 Å². The monoisotopic (exact) mass is 866 g/mol. The zero-order valence-electron chi connectivity index (χ0n) is 34.3. The van der Waals surface area contributed by atoms with Crippen molar-refractivity contribution in [2.24, 2.45) is 11.7 Å². The van der Waals surface area contributed by atoms with Gasteiger partial charge < -0.3 is 83.0 Å². The molecule has 0 aromatic heterocycles. The van der Waals surface area contributed by atoms with Gasteiger partial charge in [-0.2, -0.15) is 0 Å². The minimum absolute atomic E-state index is 0.0751. The Morgan fingerprint density at radius 3 is 2.00 bits per heavy atom. The summed E-state index contributed by atoms with van der Waals surface area (Å²) in [5.41, 5.74) is 6.86. The summed E-state index contributed by atoms with van der Waals surface area (Å²) in [7, 11) is 1.29. The first kappa shape index (κ1) is 48.8. The maximum Gasteiger partial charge on any atom is 0.248 e. The number of carbonyl (C=O) groups excluding carboxylic acids is 7. The van der Waals surface area contributed by atoms with Crippen molar-refractivity contribution in [1.29, 1.82) is 0 Å². The van der Waals surface area contributed by atoms with Gasteiger partial charge in [0.15, 0.2) is 6.23 Å². The van der Waals surface area contributed by atoms with E-state index in [-0.39, 0.29) is 5.56 Å². The normalized spacial score (nSPS) is 33.2. The van der Waals surface area contributed by atoms with Crippen molar-refractivity contribution < 1.29 is 74.4 Å². The van der Waals surface area contributed by atoms with Crippen molar-refractivity contribution in [3.63, 3.8) is 0 Å². The molecule has 0 spiro atoms. The van der Waals surface area contributed by atoms with Gasteiger partial charge in [0, 0.05) is 31.8 Å². The summed E-state index contributed by atoms with van der Waals surface area (Å²) in [5, 5.41) is 99.8. The lowest BCUT2D eigenvalue weighted by Crippen LogP contribution is -2.64. The number of carbonyl (C=O) groups is 7. The highest BCUT2D eigenvalue weighted by atomic mass is 16.3. The molecule has 3 aliphatic heterocycles. The van der Waals surface area contributed by atoms with Crippen molar-refractivity contribution in [2.75, 3.05) is 20.1 Å². The zero-order chi connectivity index (χ0) is 45.8. The Hall–Kier alpha value is -4.85. The molecule has 0 bridgehead atoms. The molecule has 340 valence electrons. The minimum atomic E-state index is -2.25. The van der Waals surface area contributed by atoms with E-state index in [0.29, 0.717) is 5.56 Å². The summed E-state index contributed by atoms with van der Waals surface area (Å²) in [6, 6.07) is -6.58. The van der Waals surface area contributed by atoms with Crippen molar-refractivity contribution >= 4 is 41.4 Å². The predicted octanol–water partition coefficient (Wildman–Crippen LogP) is -7.27. The third-order valence-electron chi connectivity index (χ3n) is 11.5. The summed E-state index contributed by atoms with van der Waals surface area (Å²) < 4.78 is 0. The van der Waals surface area contributed by atoms with Gasteiger partial charge in [-0.15, -0.1) is 0 Å². The van der Waals surface area contributed by atoms with Gasteiger partial charge in [-0.05, 0) is 44.5 Å². The van der Waals surface area contributed by atoms with E-state index in [9.17, 15) is 74.4 Å². The van der Waals surface area contributed by atoms with E-state index in [4.69, 9.17) is 5.73 Å². The van der Waals surface area contributed by atoms with Gasteiger partial charge in [0.25, 0.3) is 0 Å². The molecule has 3 heterocycles. The highest BCUT2D eigenvalue weighted by Crippen LogP contribution is 2.28. The number of nitrogens with two attached hydrogens (primary N) is 1. The largest absolute Gasteiger partial charge is 0.391 e. The Labute approximate surface area is 350 Å². The lowest BCUT2D eigenvalue weighted by molar-refractivity contribution is -0.149. The summed E-state index contributed by atoms with van der Waals surface area (Å²) in [6.45, 7) is 5.15. The van der Waals surface area contributed by atoms with Crippen LogP contribution >= 0.6 is 0 Å². The predicted molar refractivity (Wildman–Crippen MR) is 209 cm³/mol. The summed E-state index contributed by atoms with van der Waals surface area (Å²) in [5.74, 6) is -9.26. The van der Waals surface area contributed by atoms with Crippen LogP contribution in [0.2, 0.25) is 0 Å². The molecule has 3 aliphatic rings. The number of nitrogens with one attached hydrogen (secondary N) is 5. The fourth-order valence-corrected chi connectivity index (χ4v) is 7.68. The summed E-state index contributed by atoms with van der Waals surface area (Å²) in [4.78, 5) is 97.5. The van der Waals surface area contributed by atoms with Crippen LogP contribution in [0.5, 0.6) is 0 Å². The van der Waals surface area contributed by atoms with Crippen molar-refractivity contribution in [3.8, 4) is 0 Å². The van der Waals surface area contributed by atoms with E-state index in [1.807, 2.05) is 0 Å². The van der Waals surface area contributed by atoms with Crippen LogP contribution in [0.3, 0.4) is 0 Å². The van der Waals surface area contributed by atoms with Crippen molar-refractivity contribution in [2.45, 2.75) is 132 Å². The number of rotatable bonds is 8. The van der Waals surface area contributed by atoms with Crippen LogP contribution in [-0.4, -0.2) is 191 Å². The average molecular weight is 867 g/mol. The van der Waals surface area contributed by atoms with Gasteiger partial charge in [-0.25, -0.2) is 0 Å². The molecule has 3 fully saturated rings. The molecule has 1 aromatic rings. The molecule has 4 rings (SSSR count). The number of primary amides is 1. The van der Waals surface area contributed by atoms with Gasteiger partial charge in [-0.3, -0.25) is 33.6 Å². The standard InChI is InChI=1S/C38H58N8O15/c1-14-6-7-18(8-15(14)2)30(53)31(54)27-35(58)42-26(22(49)11-24(39)51)38(61)46-12-16(3)29(52)28(46)36(59)44-34(57)23(50)10-20(40-5)32(55)41-25(17(4)47)37(60)45-13-19(48)9-21(45)33(56)43-27/h6-8,16-17,19-23,25-31,34,40,47-50,52-54,57H,9-13H2,1-5H3,(H2,39,51)(H,41,55)(H,42,58)(H,43,56)(H,44,59). The maximum atomic E-state index is 14.3. The SMILES string of the molecule is CNC1CC(O)C(O)NC(=O)C2C(O)C(C)CN2C(=O)C(C(O)CC(N)=O)NC(=O)C(C(O)C(O)c2ccc(C)c(C)c2)NC(=O)C2CC(O)CN2C(=O)C(C(C)O)NC1=O. The number of hydrogen-bond donors (Lipinski definition) is 14. The first-order chi connectivity index (χ1) is 28.5. The first-order valence-corrected chi connectivity index (χ1v) is 19.8. The van der Waals surface area contributed by atoms with Crippen LogP contribution in [0.15, 0.2) is 18.2 Å². The van der Waals surface area contributed by atoms with E-state index >= 15 is 0 Å². The molecule has 0 radical (unpaired) electrons. The number of hydrogen-bond acceptors (Lipinski definition) is 16. The van der Waals surface area contributed by atoms with Gasteiger partial charge in [0.05, 0.1) is 36.9 Å². The van der Waals surface area contributed by atoms with Crippen LogP contribution < -0.4 is 32.3 Å². The van der Waals surface area contributed by atoms with E-state index in [0.717, 1.165) is 22.3 Å². The Morgan fingerprint density at radius 1 is 0.803 bits per heavy atom. The molecule has 15 N–H and O–H groups in total. The van der Waals surface area contributed by atoms with Gasteiger partial charge in [0.2, 0.25) is 41.4 Å². The van der Waals surface area contributed by atoms with Crippen molar-refractivity contribution in [1.82, 2.24) is 36.4 Å². The number of aliphatic hydroxyl groups is 8. The molecule has 23 nitrogen and oxygen atoms in total. The minimum Gasteiger partial charge on any atom is -0.391 e. The Balaban J connectivity index is 1.87. The average Bonchev–Trinajstić information content (AvgIpc) is 3.73. The molecule has 61 heavy (non-hydrogen) atoms. The number of aryl methyl sites for hydroxylation is 2. The number of fused-ring (bicyclic) bond motifs is 2. The molecule has 15 atom stereocenters. The number of amides is 7. The van der Waals surface area contributed by atoms with E-state index in [2.05, 4.69) is 26.6 Å².